The number of thioether (sulfide) groups is 1. The maximum atomic E-state index is 5.82. The van der Waals surface area contributed by atoms with Crippen LogP contribution in [0.4, 0.5) is 0 Å². The number of para-hydroxylation sites is 1. The summed E-state index contributed by atoms with van der Waals surface area (Å²) in [6, 6.07) is 21.7. The lowest BCUT2D eigenvalue weighted by molar-refractivity contribution is 0.301. The number of hydrogen-bond acceptors (Lipinski definition) is 6. The van der Waals surface area contributed by atoms with Crippen LogP contribution in [0.15, 0.2) is 90.7 Å². The Kier molecular flexibility index (Phi) is 7.19. The van der Waals surface area contributed by atoms with E-state index in [9.17, 15) is 0 Å². The highest BCUT2D eigenvalue weighted by molar-refractivity contribution is 7.98. The van der Waals surface area contributed by atoms with E-state index in [1.165, 1.54) is 5.56 Å². The van der Waals surface area contributed by atoms with Crippen LogP contribution in [0.25, 0.3) is 11.4 Å². The van der Waals surface area contributed by atoms with E-state index in [0.29, 0.717) is 13.2 Å². The Hall–Kier alpha value is -3.58. The number of allylic oxidation sites excluding steroid dienone is 1. The van der Waals surface area contributed by atoms with Crippen LogP contribution in [0.5, 0.6) is 11.5 Å². The summed E-state index contributed by atoms with van der Waals surface area (Å²) in [5, 5.41) is 9.69. The van der Waals surface area contributed by atoms with E-state index in [2.05, 4.69) is 38.5 Å². The average Bonchev–Trinajstić information content (AvgIpc) is 3.25. The number of hydrogen-bond donors (Lipinski definition) is 0. The van der Waals surface area contributed by atoms with E-state index in [0.717, 1.165) is 39.5 Å². The second-order valence-corrected chi connectivity index (χ2v) is 7.89. The molecule has 162 valence electrons. The standard InChI is InChI=1S/C25H24N4O2S/c1-3-16-29-24(22-9-4-5-10-23(22)30-2)27-28-25(29)32-18-19-11-13-21(14-12-19)31-17-20-8-6-7-15-26-20/h3-15H,1,16-18H2,2H3. The molecule has 32 heavy (non-hydrogen) atoms. The van der Waals surface area contributed by atoms with Crippen LogP contribution in [0, 0.1) is 0 Å². The van der Waals surface area contributed by atoms with Gasteiger partial charge >= 0.3 is 0 Å². The van der Waals surface area contributed by atoms with Gasteiger partial charge in [0, 0.05) is 18.5 Å². The average molecular weight is 445 g/mol. The molecule has 4 rings (SSSR count). The van der Waals surface area contributed by atoms with Crippen molar-refractivity contribution in [1.29, 1.82) is 0 Å². The monoisotopic (exact) mass is 444 g/mol. The van der Waals surface area contributed by atoms with Gasteiger partial charge in [-0.05, 0) is 42.0 Å². The third-order valence-electron chi connectivity index (χ3n) is 4.78. The van der Waals surface area contributed by atoms with Crippen LogP contribution >= 0.6 is 11.8 Å². The van der Waals surface area contributed by atoms with Gasteiger partial charge in [-0.2, -0.15) is 0 Å². The first-order valence-corrected chi connectivity index (χ1v) is 11.2. The lowest BCUT2D eigenvalue weighted by Gasteiger charge is -2.11. The Bertz CT molecular complexity index is 1160. The normalized spacial score (nSPS) is 10.7. The maximum Gasteiger partial charge on any atom is 0.192 e. The highest BCUT2D eigenvalue weighted by atomic mass is 32.2. The second kappa shape index (κ2) is 10.6. The molecule has 0 N–H and O–H groups in total. The summed E-state index contributed by atoms with van der Waals surface area (Å²) in [5.74, 6) is 3.12. The number of nitrogens with zero attached hydrogens (tertiary/aromatic N) is 4. The van der Waals surface area contributed by atoms with Crippen molar-refractivity contribution in [2.24, 2.45) is 0 Å². The smallest absolute Gasteiger partial charge is 0.192 e. The molecular weight excluding hydrogens is 420 g/mol. The Balaban J connectivity index is 1.43. The molecule has 6 nitrogen and oxygen atoms in total. The minimum Gasteiger partial charge on any atom is -0.496 e. The molecule has 2 aromatic carbocycles. The third kappa shape index (κ3) is 5.18. The Labute approximate surface area is 191 Å². The molecule has 0 amide bonds. The van der Waals surface area contributed by atoms with Crippen molar-refractivity contribution in [2.75, 3.05) is 7.11 Å². The Morgan fingerprint density at radius 1 is 1.00 bits per heavy atom. The van der Waals surface area contributed by atoms with Crippen molar-refractivity contribution in [2.45, 2.75) is 24.1 Å². The van der Waals surface area contributed by atoms with Gasteiger partial charge in [0.15, 0.2) is 11.0 Å². The van der Waals surface area contributed by atoms with E-state index in [1.54, 1.807) is 25.1 Å². The van der Waals surface area contributed by atoms with Crippen molar-refractivity contribution in [1.82, 2.24) is 19.7 Å². The largest absolute Gasteiger partial charge is 0.496 e. The third-order valence-corrected chi connectivity index (χ3v) is 5.82. The summed E-state index contributed by atoms with van der Waals surface area (Å²) in [4.78, 5) is 4.27. The molecule has 0 bridgehead atoms. The Morgan fingerprint density at radius 2 is 1.81 bits per heavy atom. The highest BCUT2D eigenvalue weighted by Crippen LogP contribution is 2.32. The van der Waals surface area contributed by atoms with Gasteiger partial charge < -0.3 is 9.47 Å². The fourth-order valence-corrected chi connectivity index (χ4v) is 4.09. The number of benzene rings is 2. The molecule has 0 atom stereocenters. The number of methoxy groups -OCH3 is 1. The van der Waals surface area contributed by atoms with E-state index >= 15 is 0 Å². The molecule has 0 aliphatic carbocycles. The molecular formula is C25H24N4O2S. The molecule has 2 heterocycles. The molecule has 0 aliphatic heterocycles. The zero-order valence-corrected chi connectivity index (χ0v) is 18.7. The lowest BCUT2D eigenvalue weighted by Crippen LogP contribution is -2.01. The maximum absolute atomic E-state index is 5.82. The van der Waals surface area contributed by atoms with Gasteiger partial charge in [-0.1, -0.05) is 48.2 Å². The molecule has 0 saturated carbocycles. The lowest BCUT2D eigenvalue weighted by atomic mass is 10.2. The van der Waals surface area contributed by atoms with E-state index in [-0.39, 0.29) is 0 Å². The van der Waals surface area contributed by atoms with Crippen LogP contribution in [0.1, 0.15) is 11.3 Å². The molecule has 0 fully saturated rings. The first kappa shape index (κ1) is 21.6. The summed E-state index contributed by atoms with van der Waals surface area (Å²) in [5.41, 5.74) is 2.98. The van der Waals surface area contributed by atoms with E-state index < -0.39 is 0 Å². The van der Waals surface area contributed by atoms with Gasteiger partial charge in [0.2, 0.25) is 0 Å². The number of ether oxygens (including phenoxy) is 2. The molecule has 2 aromatic heterocycles. The van der Waals surface area contributed by atoms with Gasteiger partial charge in [0.25, 0.3) is 0 Å². The Morgan fingerprint density at radius 3 is 2.56 bits per heavy atom. The minimum atomic E-state index is 0.450. The molecule has 0 spiro atoms. The van der Waals surface area contributed by atoms with Crippen LogP contribution in [0.3, 0.4) is 0 Å². The molecule has 0 radical (unpaired) electrons. The van der Waals surface area contributed by atoms with Gasteiger partial charge in [-0.25, -0.2) is 0 Å². The first-order valence-electron chi connectivity index (χ1n) is 10.2. The van der Waals surface area contributed by atoms with Crippen molar-refractivity contribution < 1.29 is 9.47 Å². The number of aromatic nitrogens is 4. The van der Waals surface area contributed by atoms with Gasteiger partial charge in [-0.15, -0.1) is 16.8 Å². The van der Waals surface area contributed by atoms with Crippen LogP contribution in [-0.2, 0) is 18.9 Å². The molecule has 0 unspecified atom stereocenters. The van der Waals surface area contributed by atoms with Crippen molar-refractivity contribution in [3.8, 4) is 22.9 Å². The SMILES string of the molecule is C=CCn1c(SCc2ccc(OCc3ccccn3)cc2)nnc1-c1ccccc1OC. The van der Waals surface area contributed by atoms with Crippen molar-refractivity contribution in [3.05, 3.63) is 96.8 Å². The summed E-state index contributed by atoms with van der Waals surface area (Å²) in [6.45, 7) is 4.95. The molecule has 7 heteroatoms. The zero-order chi connectivity index (χ0) is 22.2. The first-order chi connectivity index (χ1) is 15.8. The van der Waals surface area contributed by atoms with E-state index in [4.69, 9.17) is 9.47 Å². The molecule has 0 aliphatic rings. The van der Waals surface area contributed by atoms with Gasteiger partial charge in [0.1, 0.15) is 18.1 Å². The fraction of sp³-hybridized carbons (Fsp3) is 0.160. The summed E-state index contributed by atoms with van der Waals surface area (Å²) < 4.78 is 13.4. The van der Waals surface area contributed by atoms with Crippen molar-refractivity contribution in [3.63, 3.8) is 0 Å². The topological polar surface area (TPSA) is 62.1 Å². The second-order valence-electron chi connectivity index (χ2n) is 6.95. The van der Waals surface area contributed by atoms with Gasteiger partial charge in [0.05, 0.1) is 18.4 Å². The predicted octanol–water partition coefficient (Wildman–Crippen LogP) is 5.41. The summed E-state index contributed by atoms with van der Waals surface area (Å²) in [6.07, 6.45) is 3.61. The van der Waals surface area contributed by atoms with E-state index in [1.807, 2.05) is 60.7 Å². The summed E-state index contributed by atoms with van der Waals surface area (Å²) in [7, 11) is 1.66. The number of pyridine rings is 1. The molecule has 0 saturated heterocycles. The highest BCUT2D eigenvalue weighted by Gasteiger charge is 2.16. The van der Waals surface area contributed by atoms with Gasteiger partial charge in [-0.3, -0.25) is 9.55 Å². The zero-order valence-electron chi connectivity index (χ0n) is 17.8. The fourth-order valence-electron chi connectivity index (χ4n) is 3.19. The van der Waals surface area contributed by atoms with Crippen molar-refractivity contribution >= 4 is 11.8 Å². The molecule has 4 aromatic rings. The predicted molar refractivity (Wildman–Crippen MR) is 127 cm³/mol. The van der Waals surface area contributed by atoms with Crippen LogP contribution in [-0.4, -0.2) is 26.9 Å². The minimum absolute atomic E-state index is 0.450. The number of rotatable bonds is 10. The quantitative estimate of drug-likeness (QED) is 0.241. The summed E-state index contributed by atoms with van der Waals surface area (Å²) >= 11 is 1.64. The van der Waals surface area contributed by atoms with Crippen LogP contribution in [0.2, 0.25) is 0 Å². The van der Waals surface area contributed by atoms with Crippen LogP contribution < -0.4 is 9.47 Å².